The van der Waals surface area contributed by atoms with E-state index in [2.05, 4.69) is 22.6 Å². The number of rotatable bonds is 3. The molecule has 1 N–H and O–H groups in total. The maximum Gasteiger partial charge on any atom is 0.150 e. The van der Waals surface area contributed by atoms with Crippen molar-refractivity contribution < 1.29 is 13.5 Å². The fraction of sp³-hybridized carbons (Fsp3) is 0.600. The first kappa shape index (κ1) is 16.2. The molecule has 2 rings (SSSR count). The lowest BCUT2D eigenvalue weighted by atomic mass is 9.82. The molecule has 0 bridgehead atoms. The van der Waals surface area contributed by atoms with Crippen LogP contribution in [-0.2, 0) is 9.84 Å². The van der Waals surface area contributed by atoms with Crippen molar-refractivity contribution in [1.29, 1.82) is 0 Å². The lowest BCUT2D eigenvalue weighted by molar-refractivity contribution is 0.0850. The quantitative estimate of drug-likeness (QED) is 0.782. The zero-order chi connectivity index (χ0) is 14.9. The van der Waals surface area contributed by atoms with E-state index in [-0.39, 0.29) is 11.2 Å². The van der Waals surface area contributed by atoms with Crippen LogP contribution in [0.3, 0.4) is 0 Å². The standard InChI is InChI=1S/C15H21IO3S/c1-10-5-3-8-13(14(10)16)15(17)11-6-4-7-12(9-11)20(2,18)19/h3,5,8,11-12,15,17H,4,6-7,9H2,1-2H3. The zero-order valence-electron chi connectivity index (χ0n) is 11.8. The van der Waals surface area contributed by atoms with E-state index in [4.69, 9.17) is 0 Å². The second kappa shape index (κ2) is 6.32. The van der Waals surface area contributed by atoms with Gasteiger partial charge in [0.15, 0.2) is 0 Å². The van der Waals surface area contributed by atoms with Crippen LogP contribution in [-0.4, -0.2) is 25.0 Å². The van der Waals surface area contributed by atoms with Crippen molar-refractivity contribution >= 4 is 32.4 Å². The van der Waals surface area contributed by atoms with Crippen LogP contribution in [0.4, 0.5) is 0 Å². The molecule has 0 aromatic heterocycles. The van der Waals surface area contributed by atoms with Gasteiger partial charge in [0.05, 0.1) is 11.4 Å². The minimum absolute atomic E-state index is 0.0405. The Bertz CT molecular complexity index is 583. The van der Waals surface area contributed by atoms with Crippen molar-refractivity contribution in [2.75, 3.05) is 6.26 Å². The van der Waals surface area contributed by atoms with Crippen LogP contribution < -0.4 is 0 Å². The summed E-state index contributed by atoms with van der Waals surface area (Å²) in [5.41, 5.74) is 2.09. The molecular weight excluding hydrogens is 387 g/mol. The lowest BCUT2D eigenvalue weighted by Crippen LogP contribution is -2.30. The minimum Gasteiger partial charge on any atom is -0.388 e. The Labute approximate surface area is 134 Å². The second-order valence-electron chi connectivity index (χ2n) is 5.80. The van der Waals surface area contributed by atoms with E-state index >= 15 is 0 Å². The topological polar surface area (TPSA) is 54.4 Å². The highest BCUT2D eigenvalue weighted by atomic mass is 127. The number of benzene rings is 1. The molecule has 0 saturated heterocycles. The maximum atomic E-state index is 11.7. The number of aliphatic hydroxyl groups is 1. The molecule has 3 atom stereocenters. The van der Waals surface area contributed by atoms with Gasteiger partial charge in [-0.3, -0.25) is 0 Å². The van der Waals surface area contributed by atoms with Gasteiger partial charge in [0.25, 0.3) is 0 Å². The third-order valence-corrected chi connectivity index (χ3v) is 7.37. The minimum atomic E-state index is -3.01. The van der Waals surface area contributed by atoms with E-state index in [1.807, 2.05) is 25.1 Å². The van der Waals surface area contributed by atoms with Crippen LogP contribution in [0, 0.1) is 16.4 Å². The van der Waals surface area contributed by atoms with Gasteiger partial charge in [0, 0.05) is 9.83 Å². The first-order valence-corrected chi connectivity index (χ1v) is 9.96. The summed E-state index contributed by atoms with van der Waals surface area (Å²) in [7, 11) is -3.01. The zero-order valence-corrected chi connectivity index (χ0v) is 14.8. The average Bonchev–Trinajstić information content (AvgIpc) is 2.40. The number of halogens is 1. The molecule has 0 heterocycles. The van der Waals surface area contributed by atoms with Crippen LogP contribution in [0.2, 0.25) is 0 Å². The summed E-state index contributed by atoms with van der Waals surface area (Å²) in [6.45, 7) is 2.03. The van der Waals surface area contributed by atoms with Gasteiger partial charge in [-0.25, -0.2) is 8.42 Å². The molecule has 1 aromatic carbocycles. The van der Waals surface area contributed by atoms with Gasteiger partial charge in [-0.1, -0.05) is 24.6 Å². The largest absolute Gasteiger partial charge is 0.388 e. The van der Waals surface area contributed by atoms with Crippen LogP contribution in [0.25, 0.3) is 0 Å². The Morgan fingerprint density at radius 1 is 1.35 bits per heavy atom. The molecule has 3 unspecified atom stereocenters. The monoisotopic (exact) mass is 408 g/mol. The Morgan fingerprint density at radius 3 is 2.70 bits per heavy atom. The van der Waals surface area contributed by atoms with Crippen LogP contribution >= 0.6 is 22.6 Å². The van der Waals surface area contributed by atoms with E-state index in [1.165, 1.54) is 6.26 Å². The molecule has 5 heteroatoms. The Hall–Kier alpha value is -0.140. The van der Waals surface area contributed by atoms with E-state index < -0.39 is 15.9 Å². The third kappa shape index (κ3) is 3.54. The Kier molecular flexibility index (Phi) is 5.13. The molecule has 0 aliphatic heterocycles. The van der Waals surface area contributed by atoms with Crippen molar-refractivity contribution in [2.45, 2.75) is 44.0 Å². The third-order valence-electron chi connectivity index (χ3n) is 4.26. The summed E-state index contributed by atoms with van der Waals surface area (Å²) < 4.78 is 24.5. The van der Waals surface area contributed by atoms with Crippen molar-refractivity contribution in [3.8, 4) is 0 Å². The molecule has 20 heavy (non-hydrogen) atoms. The predicted molar refractivity (Wildman–Crippen MR) is 89.4 cm³/mol. The highest BCUT2D eigenvalue weighted by Crippen LogP contribution is 2.38. The Balaban J connectivity index is 2.21. The van der Waals surface area contributed by atoms with E-state index in [0.29, 0.717) is 6.42 Å². The van der Waals surface area contributed by atoms with E-state index in [1.54, 1.807) is 0 Å². The second-order valence-corrected chi connectivity index (χ2v) is 9.21. The predicted octanol–water partition coefficient (Wildman–Crippen LogP) is 3.24. The van der Waals surface area contributed by atoms with Crippen LogP contribution in [0.5, 0.6) is 0 Å². The first-order chi connectivity index (χ1) is 9.30. The summed E-state index contributed by atoms with van der Waals surface area (Å²) in [5, 5.41) is 10.3. The fourth-order valence-electron chi connectivity index (χ4n) is 3.01. The summed E-state index contributed by atoms with van der Waals surface area (Å²) in [6, 6.07) is 5.93. The molecular formula is C15H21IO3S. The molecule has 1 aliphatic rings. The molecule has 0 spiro atoms. The number of hydrogen-bond donors (Lipinski definition) is 1. The fourth-order valence-corrected chi connectivity index (χ4v) is 4.88. The highest BCUT2D eigenvalue weighted by molar-refractivity contribution is 14.1. The number of aliphatic hydroxyl groups excluding tert-OH is 1. The van der Waals surface area contributed by atoms with E-state index in [0.717, 1.165) is 34.0 Å². The van der Waals surface area contributed by atoms with Gasteiger partial charge in [-0.2, -0.15) is 0 Å². The molecule has 0 amide bonds. The average molecular weight is 408 g/mol. The van der Waals surface area contributed by atoms with Gasteiger partial charge in [-0.05, 0) is 65.8 Å². The van der Waals surface area contributed by atoms with Crippen molar-refractivity contribution in [2.24, 2.45) is 5.92 Å². The van der Waals surface area contributed by atoms with Crippen molar-refractivity contribution in [3.63, 3.8) is 0 Å². The van der Waals surface area contributed by atoms with Crippen LogP contribution in [0.15, 0.2) is 18.2 Å². The number of hydrogen-bond acceptors (Lipinski definition) is 3. The summed E-state index contributed by atoms with van der Waals surface area (Å²) in [5.74, 6) is 0.0405. The number of aryl methyl sites for hydroxylation is 1. The SMILES string of the molecule is Cc1cccc(C(O)C2CCCC(S(C)(=O)=O)C2)c1I. The number of sulfone groups is 1. The molecule has 0 radical (unpaired) electrons. The first-order valence-electron chi connectivity index (χ1n) is 6.92. The summed E-state index contributed by atoms with van der Waals surface area (Å²) >= 11 is 2.26. The molecule has 3 nitrogen and oxygen atoms in total. The highest BCUT2D eigenvalue weighted by Gasteiger charge is 2.33. The smallest absolute Gasteiger partial charge is 0.150 e. The Morgan fingerprint density at radius 2 is 2.05 bits per heavy atom. The van der Waals surface area contributed by atoms with Gasteiger partial charge < -0.3 is 5.11 Å². The van der Waals surface area contributed by atoms with Gasteiger partial charge in [0.1, 0.15) is 9.84 Å². The molecule has 1 saturated carbocycles. The van der Waals surface area contributed by atoms with Gasteiger partial charge in [-0.15, -0.1) is 0 Å². The summed E-state index contributed by atoms with van der Waals surface area (Å²) in [6.07, 6.45) is 3.82. The van der Waals surface area contributed by atoms with Crippen molar-refractivity contribution in [1.82, 2.24) is 0 Å². The molecule has 1 fully saturated rings. The molecule has 1 aliphatic carbocycles. The normalized spacial score (nSPS) is 25.4. The summed E-state index contributed by atoms with van der Waals surface area (Å²) in [4.78, 5) is 0. The van der Waals surface area contributed by atoms with E-state index in [9.17, 15) is 13.5 Å². The van der Waals surface area contributed by atoms with Crippen molar-refractivity contribution in [3.05, 3.63) is 32.9 Å². The van der Waals surface area contributed by atoms with Gasteiger partial charge >= 0.3 is 0 Å². The van der Waals surface area contributed by atoms with Gasteiger partial charge in [0.2, 0.25) is 0 Å². The lowest BCUT2D eigenvalue weighted by Gasteiger charge is -2.32. The maximum absolute atomic E-state index is 11.7. The van der Waals surface area contributed by atoms with Crippen LogP contribution in [0.1, 0.15) is 42.9 Å². The molecule has 1 aromatic rings. The molecule has 112 valence electrons.